The maximum absolute atomic E-state index is 9.09. The van der Waals surface area contributed by atoms with Crippen LogP contribution in [0.1, 0.15) is 39.0 Å². The van der Waals surface area contributed by atoms with Gasteiger partial charge < -0.3 is 21.4 Å². The molecule has 5 nitrogen and oxygen atoms in total. The summed E-state index contributed by atoms with van der Waals surface area (Å²) in [7, 11) is 0. The van der Waals surface area contributed by atoms with Crippen molar-refractivity contribution >= 4 is 5.84 Å². The molecule has 1 fully saturated rings. The minimum Gasteiger partial charge on any atom is -0.409 e. The molecule has 5 heteroatoms. The third-order valence-corrected chi connectivity index (χ3v) is 3.12. The van der Waals surface area contributed by atoms with Crippen molar-refractivity contribution in [3.8, 4) is 0 Å². The van der Waals surface area contributed by atoms with Gasteiger partial charge in [-0.15, -0.1) is 0 Å². The minimum atomic E-state index is -0.214. The van der Waals surface area contributed by atoms with Crippen LogP contribution in [0.2, 0.25) is 0 Å². The fraction of sp³-hybridized carbons (Fsp3) is 0.909. The highest BCUT2D eigenvalue weighted by atomic mass is 16.4. The average Bonchev–Trinajstić information content (AvgIpc) is 2.97. The molecule has 0 heterocycles. The van der Waals surface area contributed by atoms with E-state index in [1.807, 2.05) is 0 Å². The molecule has 0 aliphatic heterocycles. The zero-order valence-corrected chi connectivity index (χ0v) is 9.95. The van der Waals surface area contributed by atoms with Gasteiger partial charge in [-0.05, 0) is 44.6 Å². The molecular formula is C11H23N3O2. The van der Waals surface area contributed by atoms with E-state index < -0.39 is 0 Å². The molecule has 1 unspecified atom stereocenters. The number of hydrogen-bond donors (Lipinski definition) is 4. The fourth-order valence-corrected chi connectivity index (χ4v) is 1.89. The zero-order chi connectivity index (χ0) is 12.0. The molecule has 0 aromatic carbocycles. The minimum absolute atomic E-state index is 0.214. The van der Waals surface area contributed by atoms with E-state index in [9.17, 15) is 0 Å². The molecule has 1 saturated carbocycles. The van der Waals surface area contributed by atoms with Gasteiger partial charge in [0.1, 0.15) is 5.84 Å². The highest BCUT2D eigenvalue weighted by Gasteiger charge is 2.42. The summed E-state index contributed by atoms with van der Waals surface area (Å²) in [6.07, 6.45) is 4.57. The van der Waals surface area contributed by atoms with Crippen molar-refractivity contribution in [2.24, 2.45) is 16.3 Å². The maximum Gasteiger partial charge on any atom is 0.139 e. The zero-order valence-electron chi connectivity index (χ0n) is 9.95. The van der Waals surface area contributed by atoms with E-state index in [1.165, 1.54) is 0 Å². The van der Waals surface area contributed by atoms with E-state index >= 15 is 0 Å². The van der Waals surface area contributed by atoms with Gasteiger partial charge in [0.2, 0.25) is 0 Å². The Balaban J connectivity index is 2.08. The van der Waals surface area contributed by atoms with E-state index in [1.54, 1.807) is 6.92 Å². The molecule has 0 aromatic rings. The molecule has 0 amide bonds. The first-order valence-electron chi connectivity index (χ1n) is 5.93. The molecule has 16 heavy (non-hydrogen) atoms. The Kier molecular flexibility index (Phi) is 5.02. The van der Waals surface area contributed by atoms with Crippen molar-refractivity contribution in [3.63, 3.8) is 0 Å². The standard InChI is InChI=1S/C11H23N3O2/c1-9(15)3-2-6-13-8-11(4-5-11)7-10(12)14-16/h9,13,15-16H,2-8H2,1H3,(H2,12,14). The molecule has 1 aliphatic carbocycles. The van der Waals surface area contributed by atoms with Gasteiger partial charge in [-0.2, -0.15) is 0 Å². The number of rotatable bonds is 8. The second-order valence-electron chi connectivity index (χ2n) is 4.94. The molecule has 0 spiro atoms. The molecular weight excluding hydrogens is 206 g/mol. The van der Waals surface area contributed by atoms with Gasteiger partial charge in [0.05, 0.1) is 6.10 Å². The second kappa shape index (κ2) is 6.06. The van der Waals surface area contributed by atoms with E-state index in [0.29, 0.717) is 12.3 Å². The van der Waals surface area contributed by atoms with Crippen LogP contribution >= 0.6 is 0 Å². The van der Waals surface area contributed by atoms with Crippen LogP contribution in [-0.4, -0.2) is 35.3 Å². The molecule has 1 atom stereocenters. The van der Waals surface area contributed by atoms with Gasteiger partial charge in [0.25, 0.3) is 0 Å². The smallest absolute Gasteiger partial charge is 0.139 e. The lowest BCUT2D eigenvalue weighted by atomic mass is 10.0. The van der Waals surface area contributed by atoms with E-state index in [2.05, 4.69) is 10.5 Å². The monoisotopic (exact) mass is 229 g/mol. The number of amidine groups is 1. The SMILES string of the molecule is CC(O)CCCNCC1(CC(N)=NO)CC1. The summed E-state index contributed by atoms with van der Waals surface area (Å²) >= 11 is 0. The topological polar surface area (TPSA) is 90.9 Å². The number of nitrogens with zero attached hydrogens (tertiary/aromatic N) is 1. The first-order chi connectivity index (χ1) is 7.58. The Morgan fingerprint density at radius 2 is 2.25 bits per heavy atom. The summed E-state index contributed by atoms with van der Waals surface area (Å²) in [6.45, 7) is 3.65. The summed E-state index contributed by atoms with van der Waals surface area (Å²) in [6, 6.07) is 0. The summed E-state index contributed by atoms with van der Waals surface area (Å²) in [5.74, 6) is 0.322. The molecule has 0 saturated heterocycles. The van der Waals surface area contributed by atoms with Gasteiger partial charge in [0, 0.05) is 13.0 Å². The fourth-order valence-electron chi connectivity index (χ4n) is 1.89. The lowest BCUT2D eigenvalue weighted by Gasteiger charge is -2.15. The quantitative estimate of drug-likeness (QED) is 0.162. The van der Waals surface area contributed by atoms with Crippen LogP contribution in [0.25, 0.3) is 0 Å². The van der Waals surface area contributed by atoms with Gasteiger partial charge >= 0.3 is 0 Å². The van der Waals surface area contributed by atoms with Crippen molar-refractivity contribution < 1.29 is 10.3 Å². The third-order valence-electron chi connectivity index (χ3n) is 3.12. The Bertz CT molecular complexity index is 237. The number of nitrogens with one attached hydrogen (secondary N) is 1. The summed E-state index contributed by atoms with van der Waals surface area (Å²) in [5.41, 5.74) is 5.73. The Hall–Kier alpha value is -0.810. The molecule has 0 aromatic heterocycles. The van der Waals surface area contributed by atoms with Crippen LogP contribution in [0, 0.1) is 5.41 Å². The van der Waals surface area contributed by atoms with Crippen LogP contribution in [0.5, 0.6) is 0 Å². The molecule has 94 valence electrons. The van der Waals surface area contributed by atoms with Crippen molar-refractivity contribution in [3.05, 3.63) is 0 Å². The van der Waals surface area contributed by atoms with Crippen molar-refractivity contribution in [1.29, 1.82) is 0 Å². The Labute approximate surface area is 96.7 Å². The number of aliphatic hydroxyl groups is 1. The summed E-state index contributed by atoms with van der Waals surface area (Å²) < 4.78 is 0. The lowest BCUT2D eigenvalue weighted by molar-refractivity contribution is 0.181. The normalized spacial score (nSPS) is 20.8. The van der Waals surface area contributed by atoms with E-state index in [-0.39, 0.29) is 11.5 Å². The predicted octanol–water partition coefficient (Wildman–Crippen LogP) is 0.654. The molecule has 1 aliphatic rings. The molecule has 1 rings (SSSR count). The first kappa shape index (κ1) is 13.3. The number of hydrogen-bond acceptors (Lipinski definition) is 4. The molecule has 5 N–H and O–H groups in total. The van der Waals surface area contributed by atoms with Crippen LogP contribution < -0.4 is 11.1 Å². The number of nitrogens with two attached hydrogens (primary N) is 1. The largest absolute Gasteiger partial charge is 0.409 e. The second-order valence-corrected chi connectivity index (χ2v) is 4.94. The lowest BCUT2D eigenvalue weighted by Crippen LogP contribution is -2.29. The van der Waals surface area contributed by atoms with Crippen LogP contribution in [0.4, 0.5) is 0 Å². The Morgan fingerprint density at radius 3 is 2.75 bits per heavy atom. The predicted molar refractivity (Wildman–Crippen MR) is 63.5 cm³/mol. The van der Waals surface area contributed by atoms with E-state index in [0.717, 1.165) is 38.8 Å². The van der Waals surface area contributed by atoms with Crippen LogP contribution in [0.15, 0.2) is 5.16 Å². The highest BCUT2D eigenvalue weighted by molar-refractivity contribution is 5.80. The molecule has 0 bridgehead atoms. The van der Waals surface area contributed by atoms with Crippen molar-refractivity contribution in [2.75, 3.05) is 13.1 Å². The van der Waals surface area contributed by atoms with Gasteiger partial charge in [0.15, 0.2) is 0 Å². The highest BCUT2D eigenvalue weighted by Crippen LogP contribution is 2.48. The van der Waals surface area contributed by atoms with Crippen molar-refractivity contribution in [2.45, 2.75) is 45.1 Å². The van der Waals surface area contributed by atoms with Gasteiger partial charge in [-0.1, -0.05) is 5.16 Å². The van der Waals surface area contributed by atoms with Crippen LogP contribution in [-0.2, 0) is 0 Å². The van der Waals surface area contributed by atoms with Gasteiger partial charge in [-0.25, -0.2) is 0 Å². The molecule has 0 radical (unpaired) electrons. The van der Waals surface area contributed by atoms with E-state index in [4.69, 9.17) is 16.0 Å². The third kappa shape index (κ3) is 4.81. The average molecular weight is 229 g/mol. The van der Waals surface area contributed by atoms with Gasteiger partial charge in [-0.3, -0.25) is 0 Å². The maximum atomic E-state index is 9.09. The number of aliphatic hydroxyl groups excluding tert-OH is 1. The summed E-state index contributed by atoms with van der Waals surface area (Å²) in [5, 5.41) is 24.0. The first-order valence-corrected chi connectivity index (χ1v) is 5.93. The Morgan fingerprint density at radius 1 is 1.56 bits per heavy atom. The summed E-state index contributed by atoms with van der Waals surface area (Å²) in [4.78, 5) is 0. The number of oxime groups is 1. The van der Waals surface area contributed by atoms with Crippen molar-refractivity contribution in [1.82, 2.24) is 5.32 Å². The van der Waals surface area contributed by atoms with Crippen LogP contribution in [0.3, 0.4) is 0 Å².